The van der Waals surface area contributed by atoms with Crippen LogP contribution < -0.4 is 11.4 Å². The van der Waals surface area contributed by atoms with Gasteiger partial charge in [-0.25, -0.2) is 22.9 Å². The standard InChI is InChI=1S/C14H23FN3O13P3/c1-8(2)3-5-14(7-28-33(24,25)31-34(26,27)30-32(21,22)23)11(19)10(15)12(29-14)18-6-4-9(16)17-13(18)20/h3-6,8,10-12,19H,7H2,1-2H3,(H,24,25)(H,26,27)(H2,16,17,20)(H2,21,22,23)/b5-3+/t10-,11+,12-,14-/m1/s1. The normalized spacial score (nSPS) is 29.4. The van der Waals surface area contributed by atoms with Crippen molar-refractivity contribution >= 4 is 29.3 Å². The van der Waals surface area contributed by atoms with Crippen molar-refractivity contribution in [1.82, 2.24) is 9.55 Å². The molecule has 0 radical (unpaired) electrons. The van der Waals surface area contributed by atoms with Gasteiger partial charge in [0.05, 0.1) is 6.61 Å². The molecule has 1 aliphatic heterocycles. The first-order valence-corrected chi connectivity index (χ1v) is 13.7. The second kappa shape index (κ2) is 10.3. The summed E-state index contributed by atoms with van der Waals surface area (Å²) in [6, 6.07) is 1.15. The molecule has 1 aliphatic rings. The molecule has 1 fully saturated rings. The lowest BCUT2D eigenvalue weighted by atomic mass is 9.94. The van der Waals surface area contributed by atoms with Gasteiger partial charge in [-0.15, -0.1) is 0 Å². The van der Waals surface area contributed by atoms with Crippen LogP contribution in [0.5, 0.6) is 0 Å². The molecular formula is C14H23FN3O13P3. The van der Waals surface area contributed by atoms with Crippen LogP contribution in [0.25, 0.3) is 0 Å². The minimum absolute atomic E-state index is 0.172. The first kappa shape index (κ1) is 28.9. The summed E-state index contributed by atoms with van der Waals surface area (Å²) in [6.45, 7) is 2.19. The molecule has 0 saturated carbocycles. The number of allylic oxidation sites excluding steroid dienone is 1. The molecule has 2 heterocycles. The summed E-state index contributed by atoms with van der Waals surface area (Å²) in [6.07, 6.45) is -2.66. The van der Waals surface area contributed by atoms with Gasteiger partial charge in [-0.1, -0.05) is 26.0 Å². The van der Waals surface area contributed by atoms with Crippen molar-refractivity contribution in [2.24, 2.45) is 5.92 Å². The molecule has 6 atom stereocenters. The minimum atomic E-state index is -5.81. The Bertz CT molecular complexity index is 1120. The molecule has 1 saturated heterocycles. The molecule has 194 valence electrons. The maximum absolute atomic E-state index is 15.0. The van der Waals surface area contributed by atoms with Crippen LogP contribution in [0.4, 0.5) is 10.2 Å². The number of nitrogen functional groups attached to an aromatic ring is 1. The van der Waals surface area contributed by atoms with Crippen LogP contribution in [0, 0.1) is 5.92 Å². The molecule has 20 heteroatoms. The SMILES string of the molecule is CC(C)/C=C/[C@]1(COP(=O)(O)OP(=O)(O)OP(=O)(O)O)O[C@@H](n2ccc(N)nc2=O)[C@H](F)[C@@H]1O. The summed E-state index contributed by atoms with van der Waals surface area (Å²) in [4.78, 5) is 51.6. The van der Waals surface area contributed by atoms with Gasteiger partial charge in [-0.2, -0.15) is 13.6 Å². The quantitative estimate of drug-likeness (QED) is 0.169. The van der Waals surface area contributed by atoms with Gasteiger partial charge in [0.1, 0.15) is 17.5 Å². The van der Waals surface area contributed by atoms with Crippen molar-refractivity contribution in [3.63, 3.8) is 0 Å². The topological polar surface area (TPSA) is 250 Å². The van der Waals surface area contributed by atoms with Gasteiger partial charge in [-0.3, -0.25) is 9.09 Å². The number of aliphatic hydroxyl groups is 1. The average Bonchev–Trinajstić information content (AvgIpc) is 2.88. The number of aliphatic hydroxyl groups excluding tert-OH is 1. The highest BCUT2D eigenvalue weighted by Gasteiger charge is 2.56. The number of halogens is 1. The molecule has 0 aromatic carbocycles. The molecule has 0 amide bonds. The first-order valence-electron chi connectivity index (χ1n) is 9.19. The van der Waals surface area contributed by atoms with Crippen molar-refractivity contribution in [2.75, 3.05) is 12.3 Å². The highest BCUT2D eigenvalue weighted by Crippen LogP contribution is 2.66. The third-order valence-corrected chi connectivity index (χ3v) is 7.96. The predicted octanol–water partition coefficient (Wildman–Crippen LogP) is 0.348. The second-order valence-corrected chi connectivity index (χ2v) is 11.8. The zero-order valence-corrected chi connectivity index (χ0v) is 20.2. The van der Waals surface area contributed by atoms with E-state index in [1.807, 2.05) is 0 Å². The summed E-state index contributed by atoms with van der Waals surface area (Å²) >= 11 is 0. The lowest BCUT2D eigenvalue weighted by Crippen LogP contribution is -2.44. The van der Waals surface area contributed by atoms with Gasteiger partial charge in [0, 0.05) is 6.20 Å². The smallest absolute Gasteiger partial charge is 0.386 e. The van der Waals surface area contributed by atoms with Crippen LogP contribution in [0.2, 0.25) is 0 Å². The number of nitrogens with zero attached hydrogens (tertiary/aromatic N) is 2. The lowest BCUT2D eigenvalue weighted by molar-refractivity contribution is -0.0968. The molecule has 2 unspecified atom stereocenters. The van der Waals surface area contributed by atoms with E-state index in [0.717, 1.165) is 18.3 Å². The summed E-state index contributed by atoms with van der Waals surface area (Å²) < 4.78 is 67.3. The average molecular weight is 553 g/mol. The maximum atomic E-state index is 15.0. The van der Waals surface area contributed by atoms with Crippen LogP contribution in [-0.4, -0.2) is 58.7 Å². The van der Waals surface area contributed by atoms with E-state index in [1.165, 1.54) is 6.08 Å². The van der Waals surface area contributed by atoms with Crippen molar-refractivity contribution in [3.05, 3.63) is 34.9 Å². The van der Waals surface area contributed by atoms with E-state index >= 15 is 4.39 Å². The maximum Gasteiger partial charge on any atom is 0.490 e. The monoisotopic (exact) mass is 553 g/mol. The molecule has 0 bridgehead atoms. The number of phosphoric acid groups is 3. The van der Waals surface area contributed by atoms with Crippen LogP contribution >= 0.6 is 23.5 Å². The van der Waals surface area contributed by atoms with Crippen LogP contribution in [-0.2, 0) is 31.6 Å². The number of phosphoric ester groups is 1. The molecule has 7 N–H and O–H groups in total. The van der Waals surface area contributed by atoms with Gasteiger partial charge in [0.15, 0.2) is 12.4 Å². The van der Waals surface area contributed by atoms with Crippen molar-refractivity contribution in [2.45, 2.75) is 38.0 Å². The Labute approximate surface area is 191 Å². The van der Waals surface area contributed by atoms with Crippen molar-refractivity contribution < 1.29 is 60.6 Å². The van der Waals surface area contributed by atoms with Crippen LogP contribution in [0.1, 0.15) is 20.1 Å². The van der Waals surface area contributed by atoms with E-state index in [9.17, 15) is 33.4 Å². The van der Waals surface area contributed by atoms with Gasteiger partial charge < -0.3 is 35.2 Å². The van der Waals surface area contributed by atoms with Crippen molar-refractivity contribution in [1.29, 1.82) is 0 Å². The van der Waals surface area contributed by atoms with E-state index in [4.69, 9.17) is 20.3 Å². The Kier molecular flexibility index (Phi) is 8.80. The number of rotatable bonds is 10. The van der Waals surface area contributed by atoms with E-state index in [-0.39, 0.29) is 11.7 Å². The highest BCUT2D eigenvalue weighted by molar-refractivity contribution is 7.66. The van der Waals surface area contributed by atoms with Crippen LogP contribution in [0.3, 0.4) is 0 Å². The number of hydrogen-bond acceptors (Lipinski definition) is 11. The fourth-order valence-electron chi connectivity index (χ4n) is 2.76. The summed E-state index contributed by atoms with van der Waals surface area (Å²) in [5.41, 5.74) is 2.13. The van der Waals surface area contributed by atoms with Crippen LogP contribution in [0.15, 0.2) is 29.2 Å². The van der Waals surface area contributed by atoms with Gasteiger partial charge in [0.2, 0.25) is 0 Å². The van der Waals surface area contributed by atoms with E-state index in [0.29, 0.717) is 4.57 Å². The zero-order chi connectivity index (χ0) is 26.1. The molecule has 0 aliphatic carbocycles. The van der Waals surface area contributed by atoms with E-state index in [1.54, 1.807) is 13.8 Å². The van der Waals surface area contributed by atoms with Crippen molar-refractivity contribution in [3.8, 4) is 0 Å². The third-order valence-electron chi connectivity index (χ3n) is 4.17. The Morgan fingerprint density at radius 3 is 2.41 bits per heavy atom. The fraction of sp³-hybridized carbons (Fsp3) is 0.571. The third kappa shape index (κ3) is 7.59. The molecular weight excluding hydrogens is 530 g/mol. The zero-order valence-electron chi connectivity index (χ0n) is 17.5. The Hall–Kier alpha value is -1.32. The largest absolute Gasteiger partial charge is 0.490 e. The van der Waals surface area contributed by atoms with E-state index < -0.39 is 59.9 Å². The molecule has 1 aromatic heterocycles. The highest BCUT2D eigenvalue weighted by atomic mass is 31.3. The number of alkyl halides is 1. The molecule has 1 aromatic rings. The second-order valence-electron chi connectivity index (χ2n) is 7.36. The summed E-state index contributed by atoms with van der Waals surface area (Å²) in [7, 11) is -17.0. The molecule has 0 spiro atoms. The Balaban J connectivity index is 2.34. The molecule has 34 heavy (non-hydrogen) atoms. The predicted molar refractivity (Wildman–Crippen MR) is 110 cm³/mol. The number of anilines is 1. The summed E-state index contributed by atoms with van der Waals surface area (Å²) in [5, 5.41) is 10.5. The Morgan fingerprint density at radius 2 is 1.88 bits per heavy atom. The number of aromatic nitrogens is 2. The first-order chi connectivity index (χ1) is 15.4. The number of ether oxygens (including phenoxy) is 1. The summed E-state index contributed by atoms with van der Waals surface area (Å²) in [5.74, 6) is -0.383. The van der Waals surface area contributed by atoms with E-state index in [2.05, 4.69) is 18.1 Å². The molecule has 2 rings (SSSR count). The van der Waals surface area contributed by atoms with Gasteiger partial charge >= 0.3 is 29.2 Å². The number of hydrogen-bond donors (Lipinski definition) is 6. The van der Waals surface area contributed by atoms with Gasteiger partial charge in [0.25, 0.3) is 0 Å². The van der Waals surface area contributed by atoms with Gasteiger partial charge in [-0.05, 0) is 12.0 Å². The fourth-order valence-corrected chi connectivity index (χ4v) is 5.82. The molecule has 16 nitrogen and oxygen atoms in total. The Morgan fingerprint density at radius 1 is 1.26 bits per heavy atom. The lowest BCUT2D eigenvalue weighted by Gasteiger charge is -2.29. The minimum Gasteiger partial charge on any atom is -0.386 e. The number of nitrogens with two attached hydrogens (primary N) is 1.